The second kappa shape index (κ2) is 11.6. The molecule has 1 amide bonds. The van der Waals surface area contributed by atoms with Crippen LogP contribution in [0.5, 0.6) is 0 Å². The highest BCUT2D eigenvalue weighted by Crippen LogP contribution is 2.21. The number of anilines is 1. The van der Waals surface area contributed by atoms with E-state index in [0.717, 1.165) is 38.4 Å². The molecule has 10 heteroatoms. The molecule has 2 aliphatic heterocycles. The van der Waals surface area contributed by atoms with Crippen LogP contribution in [0.15, 0.2) is 59.4 Å². The molecule has 3 aromatic rings. The molecule has 1 N–H and O–H groups in total. The summed E-state index contributed by atoms with van der Waals surface area (Å²) in [5, 5.41) is 0.872. The molecule has 0 aliphatic carbocycles. The molecule has 194 valence electrons. The molecule has 2 aliphatic rings. The summed E-state index contributed by atoms with van der Waals surface area (Å²) in [7, 11) is 0. The maximum atomic E-state index is 12.9. The van der Waals surface area contributed by atoms with Crippen molar-refractivity contribution in [1.82, 2.24) is 24.7 Å². The van der Waals surface area contributed by atoms with Gasteiger partial charge in [-0.1, -0.05) is 53.5 Å². The maximum Gasteiger partial charge on any atom is 0.254 e. The average Bonchev–Trinajstić information content (AvgIpc) is 2.89. The third-order valence-electron chi connectivity index (χ3n) is 6.86. The number of halogens is 2. The van der Waals surface area contributed by atoms with Gasteiger partial charge in [0.1, 0.15) is 0 Å². The van der Waals surface area contributed by atoms with Gasteiger partial charge < -0.3 is 9.80 Å². The van der Waals surface area contributed by atoms with Gasteiger partial charge in [0.25, 0.3) is 11.5 Å². The van der Waals surface area contributed by atoms with Gasteiger partial charge in [-0.2, -0.15) is 0 Å². The Balaban J connectivity index is 1.15. The number of hydrogen-bond acceptors (Lipinski definition) is 6. The Morgan fingerprint density at radius 3 is 2.08 bits per heavy atom. The first kappa shape index (κ1) is 25.7. The largest absolute Gasteiger partial charge is 0.339 e. The van der Waals surface area contributed by atoms with Crippen LogP contribution in [0.25, 0.3) is 0 Å². The Morgan fingerprint density at radius 1 is 0.811 bits per heavy atom. The number of aromatic nitrogens is 2. The van der Waals surface area contributed by atoms with Crippen LogP contribution >= 0.6 is 23.2 Å². The summed E-state index contributed by atoms with van der Waals surface area (Å²) in [6, 6.07) is 17.0. The lowest BCUT2D eigenvalue weighted by molar-refractivity contribution is 0.0746. The molecule has 2 aromatic carbocycles. The molecule has 2 saturated heterocycles. The van der Waals surface area contributed by atoms with Crippen molar-refractivity contribution in [2.75, 3.05) is 57.3 Å². The normalized spacial score (nSPS) is 17.2. The fraction of sp³-hybridized carbons (Fsp3) is 0.370. The van der Waals surface area contributed by atoms with Crippen LogP contribution in [0.2, 0.25) is 10.0 Å². The number of benzene rings is 2. The Hall–Kier alpha value is -2.91. The molecule has 0 saturated carbocycles. The Bertz CT molecular complexity index is 1270. The van der Waals surface area contributed by atoms with E-state index in [2.05, 4.69) is 39.0 Å². The van der Waals surface area contributed by atoms with Crippen LogP contribution in [0.1, 0.15) is 21.6 Å². The van der Waals surface area contributed by atoms with Crippen LogP contribution in [0, 0.1) is 0 Å². The van der Waals surface area contributed by atoms with Gasteiger partial charge in [0.15, 0.2) is 0 Å². The van der Waals surface area contributed by atoms with Crippen LogP contribution < -0.4 is 10.5 Å². The molecule has 3 heterocycles. The summed E-state index contributed by atoms with van der Waals surface area (Å²) in [6.45, 7) is 7.62. The highest BCUT2D eigenvalue weighted by Gasteiger charge is 2.25. The number of aromatic amines is 1. The Kier molecular flexibility index (Phi) is 8.10. The minimum atomic E-state index is -0.158. The molecule has 37 heavy (non-hydrogen) atoms. The maximum absolute atomic E-state index is 12.9. The first-order chi connectivity index (χ1) is 17.9. The molecular formula is C27H30Cl2N6O2. The van der Waals surface area contributed by atoms with Gasteiger partial charge in [0.05, 0.1) is 5.69 Å². The van der Waals surface area contributed by atoms with Gasteiger partial charge in [0.2, 0.25) is 5.95 Å². The van der Waals surface area contributed by atoms with E-state index in [4.69, 9.17) is 28.2 Å². The second-order valence-corrected chi connectivity index (χ2v) is 10.4. The smallest absolute Gasteiger partial charge is 0.254 e. The molecule has 1 aromatic heterocycles. The molecular weight excluding hydrogens is 511 g/mol. The van der Waals surface area contributed by atoms with E-state index >= 15 is 0 Å². The molecule has 5 rings (SSSR count). The van der Waals surface area contributed by atoms with Gasteiger partial charge >= 0.3 is 0 Å². The fourth-order valence-corrected chi connectivity index (χ4v) is 5.41. The predicted molar refractivity (Wildman–Crippen MR) is 146 cm³/mol. The first-order valence-electron chi connectivity index (χ1n) is 12.5. The van der Waals surface area contributed by atoms with Crippen molar-refractivity contribution < 1.29 is 4.79 Å². The number of piperazine rings is 2. The summed E-state index contributed by atoms with van der Waals surface area (Å²) in [6.07, 6.45) is 0. The number of nitrogens with zero attached hydrogens (tertiary/aromatic N) is 5. The number of nitrogens with one attached hydrogen (secondary N) is 1. The molecule has 2 fully saturated rings. The second-order valence-electron chi connectivity index (χ2n) is 9.54. The lowest BCUT2D eigenvalue weighted by atomic mass is 10.2. The Morgan fingerprint density at radius 2 is 1.43 bits per heavy atom. The number of carbonyl (C=O) groups is 1. The van der Waals surface area contributed by atoms with E-state index in [-0.39, 0.29) is 11.5 Å². The monoisotopic (exact) mass is 540 g/mol. The zero-order chi connectivity index (χ0) is 25.8. The number of H-pyrrole nitrogens is 1. The highest BCUT2D eigenvalue weighted by atomic mass is 35.5. The quantitative estimate of drug-likeness (QED) is 0.516. The van der Waals surface area contributed by atoms with Crippen LogP contribution in [-0.2, 0) is 13.1 Å². The van der Waals surface area contributed by atoms with E-state index in [9.17, 15) is 9.59 Å². The fourth-order valence-electron chi connectivity index (χ4n) is 4.88. The van der Waals surface area contributed by atoms with E-state index in [1.54, 1.807) is 29.2 Å². The minimum Gasteiger partial charge on any atom is -0.339 e. The molecule has 8 nitrogen and oxygen atoms in total. The summed E-state index contributed by atoms with van der Waals surface area (Å²) in [5.41, 5.74) is 2.41. The van der Waals surface area contributed by atoms with Crippen molar-refractivity contribution in [3.63, 3.8) is 0 Å². The highest BCUT2D eigenvalue weighted by molar-refractivity contribution is 6.35. The zero-order valence-corrected chi connectivity index (χ0v) is 22.1. The van der Waals surface area contributed by atoms with Gasteiger partial charge in [-0.3, -0.25) is 24.4 Å². The minimum absolute atomic E-state index is 0.106. The van der Waals surface area contributed by atoms with Gasteiger partial charge in [-0.05, 0) is 23.8 Å². The first-order valence-corrected chi connectivity index (χ1v) is 13.3. The van der Waals surface area contributed by atoms with Crippen LogP contribution in [-0.4, -0.2) is 82.9 Å². The van der Waals surface area contributed by atoms with Crippen LogP contribution in [0.4, 0.5) is 5.95 Å². The summed E-state index contributed by atoms with van der Waals surface area (Å²) < 4.78 is 0. The van der Waals surface area contributed by atoms with Crippen molar-refractivity contribution >= 4 is 35.1 Å². The Labute approximate surface area is 226 Å². The number of rotatable bonds is 6. The molecule has 0 spiro atoms. The summed E-state index contributed by atoms with van der Waals surface area (Å²) in [5.74, 6) is 0.453. The van der Waals surface area contributed by atoms with E-state index in [1.807, 2.05) is 11.0 Å². The predicted octanol–water partition coefficient (Wildman–Crippen LogP) is 3.36. The van der Waals surface area contributed by atoms with Crippen molar-refractivity contribution in [2.45, 2.75) is 13.1 Å². The third-order valence-corrected chi connectivity index (χ3v) is 7.29. The number of amides is 1. The van der Waals surface area contributed by atoms with Crippen molar-refractivity contribution in [1.29, 1.82) is 0 Å². The summed E-state index contributed by atoms with van der Waals surface area (Å²) in [4.78, 5) is 41.6. The SMILES string of the molecule is O=C(c1cc(Cl)cc(Cl)c1)N1CCN(c2nc(CN3CCN(Cc4ccccc4)CC3)cc(=O)[nH]2)CC1. The van der Waals surface area contributed by atoms with E-state index < -0.39 is 0 Å². The molecule has 0 atom stereocenters. The molecule has 0 unspecified atom stereocenters. The van der Waals surface area contributed by atoms with Gasteiger partial charge in [-0.25, -0.2) is 4.98 Å². The standard InChI is InChI=1S/C27H30Cl2N6O2/c28-22-14-21(15-23(29)16-22)26(37)34-10-12-35(13-11-34)27-30-24(17-25(36)31-27)19-33-8-6-32(7-9-33)18-20-4-2-1-3-5-20/h1-5,14-17H,6-13,18-19H2,(H,30,31,36). The van der Waals surface area contributed by atoms with Crippen LogP contribution in [0.3, 0.4) is 0 Å². The number of carbonyl (C=O) groups excluding carboxylic acids is 1. The van der Waals surface area contributed by atoms with E-state index in [0.29, 0.717) is 54.3 Å². The zero-order valence-electron chi connectivity index (χ0n) is 20.6. The van der Waals surface area contributed by atoms with Gasteiger partial charge in [-0.15, -0.1) is 0 Å². The van der Waals surface area contributed by atoms with Gasteiger partial charge in [0, 0.05) is 87.1 Å². The third kappa shape index (κ3) is 6.70. The average molecular weight is 541 g/mol. The van der Waals surface area contributed by atoms with Crippen molar-refractivity contribution in [3.8, 4) is 0 Å². The topological polar surface area (TPSA) is 75.8 Å². The molecule has 0 radical (unpaired) electrons. The lowest BCUT2D eigenvalue weighted by Gasteiger charge is -2.36. The summed E-state index contributed by atoms with van der Waals surface area (Å²) >= 11 is 12.1. The molecule has 0 bridgehead atoms. The van der Waals surface area contributed by atoms with Crippen molar-refractivity contribution in [2.24, 2.45) is 0 Å². The number of hydrogen-bond donors (Lipinski definition) is 1. The van der Waals surface area contributed by atoms with E-state index in [1.165, 1.54) is 5.56 Å². The van der Waals surface area contributed by atoms with Crippen molar-refractivity contribution in [3.05, 3.63) is 91.8 Å². The lowest BCUT2D eigenvalue weighted by Crippen LogP contribution is -2.49.